The summed E-state index contributed by atoms with van der Waals surface area (Å²) in [6, 6.07) is 67.3. The summed E-state index contributed by atoms with van der Waals surface area (Å²) in [6.07, 6.45) is 4.32. The second-order valence-electron chi connectivity index (χ2n) is 11.8. The number of hydrogen-bond acceptors (Lipinski definition) is 1. The standard InChI is InChI=1S/C46H33N/c1-4-14-34(15-5-1)24-25-35-26-30-39(31-27-35)47(38-18-8-3-9-19-38)40-32-28-37(29-33-40)46-43-22-12-10-20-41(43)45(36-16-6-2-7-17-36)42-21-11-13-23-44(42)46/h1-33H. The zero-order chi connectivity index (χ0) is 31.4. The first-order chi connectivity index (χ1) is 23.3. The third kappa shape index (κ3) is 5.60. The molecule has 0 bridgehead atoms. The molecule has 0 aromatic heterocycles. The molecule has 47 heavy (non-hydrogen) atoms. The summed E-state index contributed by atoms with van der Waals surface area (Å²) in [4.78, 5) is 2.32. The van der Waals surface area contributed by atoms with E-state index in [4.69, 9.17) is 0 Å². The zero-order valence-electron chi connectivity index (χ0n) is 26.0. The Morgan fingerprint density at radius 2 is 0.617 bits per heavy atom. The Balaban J connectivity index is 1.21. The summed E-state index contributed by atoms with van der Waals surface area (Å²) in [5.74, 6) is 0. The molecule has 0 radical (unpaired) electrons. The minimum Gasteiger partial charge on any atom is -0.311 e. The Morgan fingerprint density at radius 3 is 1.11 bits per heavy atom. The highest BCUT2D eigenvalue weighted by Gasteiger charge is 2.17. The van der Waals surface area contributed by atoms with Crippen LogP contribution in [0.4, 0.5) is 17.1 Å². The van der Waals surface area contributed by atoms with Crippen LogP contribution in [0.1, 0.15) is 11.1 Å². The molecule has 0 aliphatic heterocycles. The van der Waals surface area contributed by atoms with Crippen LogP contribution < -0.4 is 4.90 Å². The fourth-order valence-electron chi connectivity index (χ4n) is 6.65. The van der Waals surface area contributed by atoms with Gasteiger partial charge in [0.2, 0.25) is 0 Å². The van der Waals surface area contributed by atoms with Crippen LogP contribution >= 0.6 is 0 Å². The summed E-state index contributed by atoms with van der Waals surface area (Å²) < 4.78 is 0. The normalized spacial score (nSPS) is 11.3. The van der Waals surface area contributed by atoms with Gasteiger partial charge in [-0.3, -0.25) is 0 Å². The molecule has 0 fully saturated rings. The second kappa shape index (κ2) is 12.7. The first-order valence-electron chi connectivity index (χ1n) is 16.1. The van der Waals surface area contributed by atoms with Crippen molar-refractivity contribution in [2.45, 2.75) is 0 Å². The molecule has 1 nitrogen and oxygen atoms in total. The molecule has 0 amide bonds. The molecule has 8 aromatic rings. The second-order valence-corrected chi connectivity index (χ2v) is 11.8. The van der Waals surface area contributed by atoms with Gasteiger partial charge in [-0.05, 0) is 91.3 Å². The smallest absolute Gasteiger partial charge is 0.0462 e. The average molecular weight is 600 g/mol. The molecule has 0 aliphatic carbocycles. The molecular weight excluding hydrogens is 567 g/mol. The highest BCUT2D eigenvalue weighted by atomic mass is 15.1. The maximum atomic E-state index is 2.32. The quantitative estimate of drug-likeness (QED) is 0.130. The van der Waals surface area contributed by atoms with Crippen molar-refractivity contribution in [3.05, 3.63) is 199 Å². The van der Waals surface area contributed by atoms with E-state index in [0.29, 0.717) is 0 Å². The van der Waals surface area contributed by atoms with E-state index in [9.17, 15) is 0 Å². The van der Waals surface area contributed by atoms with Gasteiger partial charge in [0.15, 0.2) is 0 Å². The van der Waals surface area contributed by atoms with Crippen LogP contribution in [-0.2, 0) is 0 Å². The monoisotopic (exact) mass is 599 g/mol. The molecule has 0 spiro atoms. The summed E-state index contributed by atoms with van der Waals surface area (Å²) >= 11 is 0. The Morgan fingerprint density at radius 1 is 0.277 bits per heavy atom. The first-order valence-corrected chi connectivity index (χ1v) is 16.1. The number of benzene rings is 8. The average Bonchev–Trinajstić information content (AvgIpc) is 3.15. The highest BCUT2D eigenvalue weighted by Crippen LogP contribution is 2.44. The van der Waals surface area contributed by atoms with Crippen LogP contribution in [-0.4, -0.2) is 0 Å². The molecule has 8 rings (SSSR count). The molecule has 0 atom stereocenters. The molecular formula is C46H33N. The van der Waals surface area contributed by atoms with Crippen molar-refractivity contribution in [1.29, 1.82) is 0 Å². The van der Waals surface area contributed by atoms with Crippen molar-refractivity contribution in [3.8, 4) is 22.3 Å². The Hall–Kier alpha value is -6.18. The summed E-state index contributed by atoms with van der Waals surface area (Å²) in [6.45, 7) is 0. The van der Waals surface area contributed by atoms with E-state index >= 15 is 0 Å². The third-order valence-electron chi connectivity index (χ3n) is 8.84. The van der Waals surface area contributed by atoms with Crippen molar-refractivity contribution < 1.29 is 0 Å². The van der Waals surface area contributed by atoms with E-state index in [1.807, 2.05) is 6.07 Å². The number of nitrogens with zero attached hydrogens (tertiary/aromatic N) is 1. The van der Waals surface area contributed by atoms with Gasteiger partial charge in [0.05, 0.1) is 0 Å². The Bertz CT molecular complexity index is 2250. The zero-order valence-corrected chi connectivity index (χ0v) is 26.0. The maximum absolute atomic E-state index is 2.32. The Kier molecular flexibility index (Phi) is 7.63. The highest BCUT2D eigenvalue weighted by molar-refractivity contribution is 6.21. The van der Waals surface area contributed by atoms with Crippen LogP contribution in [0.15, 0.2) is 188 Å². The molecule has 1 heteroatoms. The van der Waals surface area contributed by atoms with Crippen molar-refractivity contribution in [2.75, 3.05) is 4.90 Å². The molecule has 0 saturated heterocycles. The molecule has 0 saturated carbocycles. The van der Waals surface area contributed by atoms with Gasteiger partial charge in [0.1, 0.15) is 0 Å². The third-order valence-corrected chi connectivity index (χ3v) is 8.84. The van der Waals surface area contributed by atoms with E-state index in [0.717, 1.165) is 17.1 Å². The van der Waals surface area contributed by atoms with Crippen molar-refractivity contribution >= 4 is 50.8 Å². The van der Waals surface area contributed by atoms with E-state index < -0.39 is 0 Å². The van der Waals surface area contributed by atoms with Crippen LogP contribution in [0.2, 0.25) is 0 Å². The topological polar surface area (TPSA) is 3.24 Å². The van der Waals surface area contributed by atoms with Gasteiger partial charge in [-0.2, -0.15) is 0 Å². The van der Waals surface area contributed by atoms with E-state index in [2.05, 4.69) is 199 Å². The number of para-hydroxylation sites is 1. The van der Waals surface area contributed by atoms with E-state index in [-0.39, 0.29) is 0 Å². The van der Waals surface area contributed by atoms with Gasteiger partial charge < -0.3 is 4.90 Å². The lowest BCUT2D eigenvalue weighted by Gasteiger charge is -2.26. The van der Waals surface area contributed by atoms with Gasteiger partial charge in [-0.1, -0.05) is 164 Å². The minimum absolute atomic E-state index is 1.11. The van der Waals surface area contributed by atoms with Gasteiger partial charge >= 0.3 is 0 Å². The van der Waals surface area contributed by atoms with Gasteiger partial charge in [-0.15, -0.1) is 0 Å². The fraction of sp³-hybridized carbons (Fsp3) is 0. The summed E-state index contributed by atoms with van der Waals surface area (Å²) in [5, 5.41) is 5.06. The minimum atomic E-state index is 1.11. The van der Waals surface area contributed by atoms with E-state index in [1.165, 1.54) is 54.9 Å². The molecule has 8 aromatic carbocycles. The summed E-state index contributed by atoms with van der Waals surface area (Å²) in [5.41, 5.74) is 10.7. The van der Waals surface area contributed by atoms with Crippen molar-refractivity contribution in [2.24, 2.45) is 0 Å². The van der Waals surface area contributed by atoms with Crippen LogP contribution in [0.3, 0.4) is 0 Å². The molecule has 0 aliphatic rings. The summed E-state index contributed by atoms with van der Waals surface area (Å²) in [7, 11) is 0. The lowest BCUT2D eigenvalue weighted by atomic mass is 9.86. The van der Waals surface area contributed by atoms with Crippen LogP contribution in [0, 0.1) is 0 Å². The van der Waals surface area contributed by atoms with Gasteiger partial charge in [0.25, 0.3) is 0 Å². The SMILES string of the molecule is C(=Cc1ccc(N(c2ccccc2)c2ccc(-c3c4ccccc4c(-c4ccccc4)c4ccccc34)cc2)cc1)c1ccccc1. The molecule has 222 valence electrons. The molecule has 0 unspecified atom stereocenters. The number of fused-ring (bicyclic) bond motifs is 2. The number of hydrogen-bond donors (Lipinski definition) is 0. The first kappa shape index (κ1) is 28.3. The lowest BCUT2D eigenvalue weighted by molar-refractivity contribution is 1.28. The predicted octanol–water partition coefficient (Wildman–Crippen LogP) is 13.0. The fourth-order valence-corrected chi connectivity index (χ4v) is 6.65. The van der Waals surface area contributed by atoms with Gasteiger partial charge in [0, 0.05) is 17.1 Å². The van der Waals surface area contributed by atoms with Crippen LogP contribution in [0.25, 0.3) is 56.0 Å². The van der Waals surface area contributed by atoms with E-state index in [1.54, 1.807) is 0 Å². The number of rotatable bonds is 7. The van der Waals surface area contributed by atoms with Crippen LogP contribution in [0.5, 0.6) is 0 Å². The van der Waals surface area contributed by atoms with Crippen molar-refractivity contribution in [1.82, 2.24) is 0 Å². The van der Waals surface area contributed by atoms with Crippen molar-refractivity contribution in [3.63, 3.8) is 0 Å². The predicted molar refractivity (Wildman–Crippen MR) is 202 cm³/mol. The largest absolute Gasteiger partial charge is 0.311 e. The Labute approximate surface area is 276 Å². The maximum Gasteiger partial charge on any atom is 0.0462 e. The lowest BCUT2D eigenvalue weighted by Crippen LogP contribution is -2.09. The number of anilines is 3. The molecule has 0 N–H and O–H groups in total. The molecule has 0 heterocycles. The van der Waals surface area contributed by atoms with Gasteiger partial charge in [-0.25, -0.2) is 0 Å².